The van der Waals surface area contributed by atoms with E-state index in [0.29, 0.717) is 11.3 Å². The molecule has 4 nitrogen and oxygen atoms in total. The topological polar surface area (TPSA) is 49.3 Å². The molecule has 0 saturated carbocycles. The van der Waals surface area contributed by atoms with Crippen molar-refractivity contribution in [1.29, 1.82) is 0 Å². The number of aromatic nitrogens is 2. The third-order valence-electron chi connectivity index (χ3n) is 9.57. The van der Waals surface area contributed by atoms with Gasteiger partial charge in [-0.1, -0.05) is 132 Å². The van der Waals surface area contributed by atoms with Crippen molar-refractivity contribution in [2.45, 2.75) is 45.4 Å². The Morgan fingerprint density at radius 2 is 1.19 bits per heavy atom. The molecule has 0 aliphatic carbocycles. The fraction of sp³-hybridized carbons (Fsp3) is 0.149. The number of hydrogen-bond donors (Lipinski definition) is 1. The number of benzene rings is 5. The van der Waals surface area contributed by atoms with Crippen molar-refractivity contribution in [3.63, 3.8) is 0 Å². The van der Waals surface area contributed by atoms with Crippen LogP contribution in [-0.2, 0) is 31.9 Å². The predicted octanol–water partition coefficient (Wildman–Crippen LogP) is 12.1. The van der Waals surface area contributed by atoms with Gasteiger partial charge in [0.2, 0.25) is 0 Å². The minimum atomic E-state index is -0.162. The van der Waals surface area contributed by atoms with E-state index in [-0.39, 0.29) is 37.6 Å². The Balaban J connectivity index is 0.00000464. The molecule has 52 heavy (non-hydrogen) atoms. The minimum absolute atomic E-state index is 0. The fourth-order valence-electron chi connectivity index (χ4n) is 6.47. The van der Waals surface area contributed by atoms with Gasteiger partial charge in [0, 0.05) is 43.9 Å². The van der Waals surface area contributed by atoms with Crippen LogP contribution < -0.4 is 4.90 Å². The first-order valence-corrected chi connectivity index (χ1v) is 17.4. The van der Waals surface area contributed by atoms with Crippen molar-refractivity contribution >= 4 is 17.2 Å². The molecule has 0 radical (unpaired) electrons. The third-order valence-corrected chi connectivity index (χ3v) is 9.57. The monoisotopic (exact) mass is 859 g/mol. The maximum atomic E-state index is 11.0. The molecule has 7 aromatic rings. The van der Waals surface area contributed by atoms with E-state index in [0.717, 1.165) is 45.1 Å². The molecule has 5 aromatic carbocycles. The van der Waals surface area contributed by atoms with E-state index in [1.54, 1.807) is 6.07 Å². The predicted molar refractivity (Wildman–Crippen MR) is 211 cm³/mol. The largest absolute Gasteiger partial charge is 0.507 e. The summed E-state index contributed by atoms with van der Waals surface area (Å²) >= 11 is 0. The zero-order valence-corrected chi connectivity index (χ0v) is 32.4. The van der Waals surface area contributed by atoms with Crippen LogP contribution in [0.15, 0.2) is 158 Å². The van der Waals surface area contributed by atoms with Crippen LogP contribution in [0.25, 0.3) is 33.6 Å². The Hall–Kier alpha value is -5.31. The van der Waals surface area contributed by atoms with Crippen LogP contribution in [0.2, 0.25) is 0 Å². The smallest absolute Gasteiger partial charge is 0.136 e. The Kier molecular flexibility index (Phi) is 10.6. The number of rotatable bonds is 8. The molecular formula is C47H42N3OPt-. The van der Waals surface area contributed by atoms with Gasteiger partial charge in [-0.2, -0.15) is 0 Å². The van der Waals surface area contributed by atoms with E-state index >= 15 is 0 Å². The summed E-state index contributed by atoms with van der Waals surface area (Å²) in [5.41, 5.74) is 10.2. The molecule has 1 N–H and O–H groups in total. The van der Waals surface area contributed by atoms with Crippen molar-refractivity contribution < 1.29 is 26.2 Å². The normalized spacial score (nSPS) is 11.5. The first-order valence-electron chi connectivity index (χ1n) is 17.4. The van der Waals surface area contributed by atoms with Crippen LogP contribution >= 0.6 is 0 Å². The van der Waals surface area contributed by atoms with E-state index < -0.39 is 0 Å². The number of hydrogen-bond acceptors (Lipinski definition) is 4. The zero-order valence-electron chi connectivity index (χ0n) is 30.1. The van der Waals surface area contributed by atoms with Crippen molar-refractivity contribution in [3.05, 3.63) is 181 Å². The Labute approximate surface area is 322 Å². The fourth-order valence-corrected chi connectivity index (χ4v) is 6.47. The van der Waals surface area contributed by atoms with Gasteiger partial charge in [0.15, 0.2) is 0 Å². The van der Waals surface area contributed by atoms with Crippen LogP contribution in [0, 0.1) is 6.07 Å². The molecule has 0 spiro atoms. The van der Waals surface area contributed by atoms with Gasteiger partial charge >= 0.3 is 0 Å². The number of para-hydroxylation sites is 2. The molecule has 0 aliphatic rings. The molecule has 0 bridgehead atoms. The minimum Gasteiger partial charge on any atom is -0.507 e. The van der Waals surface area contributed by atoms with Gasteiger partial charge < -0.3 is 10.0 Å². The van der Waals surface area contributed by atoms with Gasteiger partial charge in [0.05, 0.1) is 5.69 Å². The maximum Gasteiger partial charge on any atom is 0.136 e. The van der Waals surface area contributed by atoms with E-state index in [1.165, 1.54) is 11.1 Å². The summed E-state index contributed by atoms with van der Waals surface area (Å²) in [7, 11) is 0. The van der Waals surface area contributed by atoms with Gasteiger partial charge in [0.25, 0.3) is 0 Å². The Bertz CT molecular complexity index is 2220. The number of anilines is 3. The number of aromatic hydroxyl groups is 1. The summed E-state index contributed by atoms with van der Waals surface area (Å²) in [4.78, 5) is 12.1. The second kappa shape index (κ2) is 15.1. The molecule has 2 aromatic heterocycles. The number of nitrogens with zero attached hydrogens (tertiary/aromatic N) is 3. The van der Waals surface area contributed by atoms with Gasteiger partial charge in [-0.25, -0.2) is 4.98 Å². The molecule has 0 saturated heterocycles. The Morgan fingerprint density at radius 1 is 0.577 bits per heavy atom. The van der Waals surface area contributed by atoms with E-state index in [4.69, 9.17) is 9.97 Å². The van der Waals surface area contributed by atoms with Crippen molar-refractivity contribution in [1.82, 2.24) is 9.97 Å². The standard InChI is InChI=1S/C47H42N3O.Pt/c1-46(2,3)38-28-35(29-40(32-38)50(39-18-10-7-11-19-39)45-22-14-15-27-48-45)42-30-34(31-43(49-42)41-20-12-13-21-44(41)51)33-23-25-37(26-24-33)47(4,5)36-16-8-6-9-17-36;/h6-28,30-32,51H,1-5H3;/q-1;. The number of phenolic OH excluding ortho intramolecular Hbond substituents is 1. The number of phenols is 1. The van der Waals surface area contributed by atoms with Gasteiger partial charge in [0.1, 0.15) is 11.6 Å². The van der Waals surface area contributed by atoms with Crippen molar-refractivity contribution in [3.8, 4) is 39.4 Å². The molecule has 262 valence electrons. The average molecular weight is 860 g/mol. The summed E-state index contributed by atoms with van der Waals surface area (Å²) in [6.45, 7) is 11.2. The van der Waals surface area contributed by atoms with Crippen LogP contribution in [-0.4, -0.2) is 15.1 Å². The molecule has 0 atom stereocenters. The molecule has 5 heteroatoms. The molecule has 0 amide bonds. The summed E-state index contributed by atoms with van der Waals surface area (Å²) in [6.07, 6.45) is 1.82. The van der Waals surface area contributed by atoms with Gasteiger partial charge in [-0.15, -0.1) is 29.3 Å². The van der Waals surface area contributed by atoms with Crippen molar-refractivity contribution in [2.75, 3.05) is 4.90 Å². The van der Waals surface area contributed by atoms with E-state index in [1.807, 2.05) is 60.8 Å². The maximum absolute atomic E-state index is 11.0. The first kappa shape index (κ1) is 36.5. The summed E-state index contributed by atoms with van der Waals surface area (Å²) in [5.74, 6) is 0.985. The number of pyridine rings is 2. The van der Waals surface area contributed by atoms with Crippen LogP contribution in [0.3, 0.4) is 0 Å². The van der Waals surface area contributed by atoms with Crippen LogP contribution in [0.1, 0.15) is 51.3 Å². The van der Waals surface area contributed by atoms with Gasteiger partial charge in [-0.3, -0.25) is 4.98 Å². The quantitative estimate of drug-likeness (QED) is 0.155. The molecule has 0 aliphatic heterocycles. The average Bonchev–Trinajstić information content (AvgIpc) is 3.16. The molecule has 7 rings (SSSR count). The zero-order chi connectivity index (χ0) is 35.6. The van der Waals surface area contributed by atoms with E-state index in [9.17, 15) is 5.11 Å². The molecule has 0 unspecified atom stereocenters. The summed E-state index contributed by atoms with van der Waals surface area (Å²) in [5, 5.41) is 11.0. The SMILES string of the molecule is CC(C)(C)c1cc(-c2cc(-c3ccc(C(C)(C)c4ccccc4)cc3)cc(-c3ccccc3O)n2)[c-]c(N(c2ccccc2)c2ccccn2)c1.[Pt]. The molecule has 2 heterocycles. The third kappa shape index (κ3) is 7.64. The van der Waals surface area contributed by atoms with E-state index in [2.05, 4.69) is 137 Å². The van der Waals surface area contributed by atoms with Crippen LogP contribution in [0.4, 0.5) is 17.2 Å². The summed E-state index contributed by atoms with van der Waals surface area (Å²) < 4.78 is 0. The van der Waals surface area contributed by atoms with Crippen LogP contribution in [0.5, 0.6) is 5.75 Å². The molecular weight excluding hydrogens is 818 g/mol. The van der Waals surface area contributed by atoms with Crippen molar-refractivity contribution in [2.24, 2.45) is 0 Å². The second-order valence-electron chi connectivity index (χ2n) is 14.5. The van der Waals surface area contributed by atoms with Gasteiger partial charge in [-0.05, 0) is 81.5 Å². The summed E-state index contributed by atoms with van der Waals surface area (Å²) in [6, 6.07) is 55.4. The molecule has 0 fully saturated rings. The second-order valence-corrected chi connectivity index (χ2v) is 14.5. The first-order chi connectivity index (χ1) is 24.6. The Morgan fingerprint density at radius 3 is 1.85 bits per heavy atom.